The SMILES string of the molecule is Nc1nc(NC2(CO)CCCC2)c2ccsc2n1. The number of hydrogen-bond acceptors (Lipinski definition) is 6. The highest BCUT2D eigenvalue weighted by Crippen LogP contribution is 2.35. The Hall–Kier alpha value is -1.40. The van der Waals surface area contributed by atoms with Crippen LogP contribution in [0.3, 0.4) is 0 Å². The van der Waals surface area contributed by atoms with Crippen molar-refractivity contribution < 1.29 is 5.11 Å². The fraction of sp³-hybridized carbons (Fsp3) is 0.500. The van der Waals surface area contributed by atoms with Crippen LogP contribution < -0.4 is 11.1 Å². The first-order valence-corrected chi connectivity index (χ1v) is 7.00. The number of nitrogens with two attached hydrogens (primary N) is 1. The van der Waals surface area contributed by atoms with Crippen LogP contribution in [-0.2, 0) is 0 Å². The van der Waals surface area contributed by atoms with Gasteiger partial charge in [-0.15, -0.1) is 11.3 Å². The summed E-state index contributed by atoms with van der Waals surface area (Å²) >= 11 is 1.55. The number of nitrogen functional groups attached to an aromatic ring is 1. The summed E-state index contributed by atoms with van der Waals surface area (Å²) in [6.07, 6.45) is 4.22. The largest absolute Gasteiger partial charge is 0.394 e. The highest BCUT2D eigenvalue weighted by atomic mass is 32.1. The number of anilines is 2. The molecule has 1 fully saturated rings. The third-order valence-corrected chi connectivity index (χ3v) is 4.40. The molecule has 0 aliphatic heterocycles. The Morgan fingerprint density at radius 1 is 1.39 bits per heavy atom. The van der Waals surface area contributed by atoms with E-state index in [2.05, 4.69) is 15.3 Å². The molecule has 3 rings (SSSR count). The molecule has 0 saturated heterocycles. The molecule has 1 aliphatic rings. The molecule has 0 aromatic carbocycles. The summed E-state index contributed by atoms with van der Waals surface area (Å²) in [5.41, 5.74) is 5.48. The monoisotopic (exact) mass is 264 g/mol. The Balaban J connectivity index is 2.01. The minimum absolute atomic E-state index is 0.128. The second kappa shape index (κ2) is 4.37. The molecule has 6 heteroatoms. The van der Waals surface area contributed by atoms with Crippen molar-refractivity contribution >= 4 is 33.3 Å². The van der Waals surface area contributed by atoms with Crippen molar-refractivity contribution in [1.29, 1.82) is 0 Å². The van der Waals surface area contributed by atoms with Crippen molar-refractivity contribution in [1.82, 2.24) is 9.97 Å². The van der Waals surface area contributed by atoms with Crippen molar-refractivity contribution in [2.75, 3.05) is 17.7 Å². The highest BCUT2D eigenvalue weighted by molar-refractivity contribution is 7.16. The summed E-state index contributed by atoms with van der Waals surface area (Å²) in [6, 6.07) is 1.99. The molecule has 96 valence electrons. The third kappa shape index (κ3) is 1.91. The lowest BCUT2D eigenvalue weighted by atomic mass is 9.99. The quantitative estimate of drug-likeness (QED) is 0.789. The van der Waals surface area contributed by atoms with Crippen LogP contribution >= 0.6 is 11.3 Å². The van der Waals surface area contributed by atoms with Gasteiger partial charge in [-0.25, -0.2) is 4.98 Å². The molecule has 2 aromatic rings. The van der Waals surface area contributed by atoms with Gasteiger partial charge in [-0.05, 0) is 24.3 Å². The van der Waals surface area contributed by atoms with Crippen LogP contribution in [0.1, 0.15) is 25.7 Å². The second-order valence-corrected chi connectivity index (χ2v) is 5.73. The first-order valence-electron chi connectivity index (χ1n) is 6.12. The normalized spacial score (nSPS) is 18.3. The second-order valence-electron chi connectivity index (χ2n) is 4.84. The standard InChI is InChI=1S/C12H16N4OS/c13-11-14-9(8-3-6-18-10(8)15-11)16-12(7-17)4-1-2-5-12/h3,6,17H,1-2,4-5,7H2,(H3,13,14,15,16). The van der Waals surface area contributed by atoms with Crippen LogP contribution in [0.4, 0.5) is 11.8 Å². The van der Waals surface area contributed by atoms with Crippen LogP contribution in [0.25, 0.3) is 10.2 Å². The van der Waals surface area contributed by atoms with E-state index in [1.807, 2.05) is 11.4 Å². The maximum Gasteiger partial charge on any atom is 0.223 e. The molecule has 1 aliphatic carbocycles. The fourth-order valence-electron chi connectivity index (χ4n) is 2.59. The highest BCUT2D eigenvalue weighted by Gasteiger charge is 2.33. The third-order valence-electron chi connectivity index (χ3n) is 3.59. The minimum Gasteiger partial charge on any atom is -0.394 e. The van der Waals surface area contributed by atoms with E-state index < -0.39 is 0 Å². The van der Waals surface area contributed by atoms with Crippen molar-refractivity contribution in [2.45, 2.75) is 31.2 Å². The summed E-state index contributed by atoms with van der Waals surface area (Å²) < 4.78 is 0. The number of hydrogen-bond donors (Lipinski definition) is 3. The predicted octanol–water partition coefficient (Wildman–Crippen LogP) is 1.99. The van der Waals surface area contributed by atoms with E-state index in [9.17, 15) is 5.11 Å². The molecule has 2 aromatic heterocycles. The zero-order chi connectivity index (χ0) is 12.6. The van der Waals surface area contributed by atoms with Crippen LogP contribution in [-0.4, -0.2) is 27.2 Å². The van der Waals surface area contributed by atoms with Gasteiger partial charge in [-0.2, -0.15) is 4.98 Å². The van der Waals surface area contributed by atoms with Gasteiger partial charge in [-0.3, -0.25) is 0 Å². The summed E-state index contributed by atoms with van der Waals surface area (Å²) in [5, 5.41) is 16.0. The molecule has 0 amide bonds. The van der Waals surface area contributed by atoms with Gasteiger partial charge in [0.1, 0.15) is 10.6 Å². The average Bonchev–Trinajstić information content (AvgIpc) is 2.98. The molecule has 2 heterocycles. The Kier molecular flexibility index (Phi) is 2.83. The maximum absolute atomic E-state index is 9.64. The lowest BCUT2D eigenvalue weighted by Crippen LogP contribution is -2.39. The topological polar surface area (TPSA) is 84.1 Å². The zero-order valence-electron chi connectivity index (χ0n) is 10.0. The van der Waals surface area contributed by atoms with E-state index >= 15 is 0 Å². The Labute approximate surface area is 109 Å². The average molecular weight is 264 g/mol. The van der Waals surface area contributed by atoms with Crippen LogP contribution in [0.15, 0.2) is 11.4 Å². The van der Waals surface area contributed by atoms with E-state index in [0.717, 1.165) is 41.7 Å². The van der Waals surface area contributed by atoms with Gasteiger partial charge in [0, 0.05) is 0 Å². The van der Waals surface area contributed by atoms with Gasteiger partial charge in [0.05, 0.1) is 17.5 Å². The first kappa shape index (κ1) is 11.7. The molecule has 0 radical (unpaired) electrons. The summed E-state index contributed by atoms with van der Waals surface area (Å²) in [4.78, 5) is 9.37. The van der Waals surface area contributed by atoms with Gasteiger partial charge >= 0.3 is 0 Å². The number of nitrogens with zero attached hydrogens (tertiary/aromatic N) is 2. The summed E-state index contributed by atoms with van der Waals surface area (Å²) in [6.45, 7) is 0.128. The van der Waals surface area contributed by atoms with E-state index in [4.69, 9.17) is 5.73 Å². The number of aliphatic hydroxyl groups excluding tert-OH is 1. The number of aromatic nitrogens is 2. The van der Waals surface area contributed by atoms with E-state index in [1.54, 1.807) is 11.3 Å². The molecular formula is C12H16N4OS. The van der Waals surface area contributed by atoms with E-state index in [-0.39, 0.29) is 18.1 Å². The molecule has 1 saturated carbocycles. The van der Waals surface area contributed by atoms with Gasteiger partial charge in [0.15, 0.2) is 0 Å². The smallest absolute Gasteiger partial charge is 0.223 e. The molecule has 18 heavy (non-hydrogen) atoms. The predicted molar refractivity (Wildman–Crippen MR) is 73.7 cm³/mol. The lowest BCUT2D eigenvalue weighted by molar-refractivity contribution is 0.214. The fourth-order valence-corrected chi connectivity index (χ4v) is 3.36. The van der Waals surface area contributed by atoms with Crippen molar-refractivity contribution in [3.8, 4) is 0 Å². The van der Waals surface area contributed by atoms with E-state index in [1.165, 1.54) is 0 Å². The molecule has 0 spiro atoms. The van der Waals surface area contributed by atoms with Gasteiger partial charge in [0.25, 0.3) is 0 Å². The molecule has 0 bridgehead atoms. The number of aliphatic hydroxyl groups is 1. The Morgan fingerprint density at radius 3 is 2.89 bits per heavy atom. The number of thiophene rings is 1. The van der Waals surface area contributed by atoms with Gasteiger partial charge in [-0.1, -0.05) is 12.8 Å². The summed E-state index contributed by atoms with van der Waals surface area (Å²) in [5.74, 6) is 1.02. The Bertz CT molecular complexity index is 562. The number of fused-ring (bicyclic) bond motifs is 1. The van der Waals surface area contributed by atoms with Crippen molar-refractivity contribution in [3.05, 3.63) is 11.4 Å². The van der Waals surface area contributed by atoms with Crippen molar-refractivity contribution in [2.24, 2.45) is 0 Å². The summed E-state index contributed by atoms with van der Waals surface area (Å²) in [7, 11) is 0. The molecule has 5 nitrogen and oxygen atoms in total. The molecule has 0 unspecified atom stereocenters. The maximum atomic E-state index is 9.64. The number of nitrogens with one attached hydrogen (secondary N) is 1. The zero-order valence-corrected chi connectivity index (χ0v) is 10.8. The van der Waals surface area contributed by atoms with Gasteiger partial charge < -0.3 is 16.2 Å². The first-order chi connectivity index (χ1) is 8.72. The van der Waals surface area contributed by atoms with Crippen LogP contribution in [0, 0.1) is 0 Å². The molecular weight excluding hydrogens is 248 g/mol. The van der Waals surface area contributed by atoms with E-state index in [0.29, 0.717) is 0 Å². The Morgan fingerprint density at radius 2 is 2.17 bits per heavy atom. The molecule has 4 N–H and O–H groups in total. The lowest BCUT2D eigenvalue weighted by Gasteiger charge is -2.28. The van der Waals surface area contributed by atoms with Crippen LogP contribution in [0.2, 0.25) is 0 Å². The van der Waals surface area contributed by atoms with Crippen molar-refractivity contribution in [3.63, 3.8) is 0 Å². The van der Waals surface area contributed by atoms with Gasteiger partial charge in [0.2, 0.25) is 5.95 Å². The molecule has 0 atom stereocenters. The number of rotatable bonds is 3. The van der Waals surface area contributed by atoms with Crippen LogP contribution in [0.5, 0.6) is 0 Å². The minimum atomic E-state index is -0.240.